The molecule has 0 amide bonds. The minimum absolute atomic E-state index is 0.345. The number of allylic oxidation sites excluding steroid dienone is 2. The molecule has 2 aromatic carbocycles. The van der Waals surface area contributed by atoms with Crippen molar-refractivity contribution in [3.05, 3.63) is 76.9 Å². The summed E-state index contributed by atoms with van der Waals surface area (Å²) in [5, 5.41) is 8.66. The second-order valence-electron chi connectivity index (χ2n) is 7.64. The first-order valence-corrected chi connectivity index (χ1v) is 10.0. The van der Waals surface area contributed by atoms with E-state index in [2.05, 4.69) is 16.9 Å². The van der Waals surface area contributed by atoms with Gasteiger partial charge >= 0.3 is 6.11 Å². The minimum Gasteiger partial charge on any atom is -0.429 e. The van der Waals surface area contributed by atoms with E-state index in [1.165, 1.54) is 18.2 Å². The SMILES string of the molecule is C/C=C/CC1CCC(c2ccc(C(F)(F)Oc3cc(F)c(C#N)c(F)c3)cc2)CC1. The van der Waals surface area contributed by atoms with Crippen LogP contribution in [0.1, 0.15) is 61.6 Å². The highest BCUT2D eigenvalue weighted by Crippen LogP contribution is 2.39. The molecule has 0 unspecified atom stereocenters. The van der Waals surface area contributed by atoms with Crippen molar-refractivity contribution in [3.63, 3.8) is 0 Å². The summed E-state index contributed by atoms with van der Waals surface area (Å²) in [6, 6.07) is 8.42. The predicted octanol–water partition coefficient (Wildman–Crippen LogP) is 7.20. The highest BCUT2D eigenvalue weighted by molar-refractivity contribution is 5.38. The van der Waals surface area contributed by atoms with Crippen molar-refractivity contribution >= 4 is 0 Å². The van der Waals surface area contributed by atoms with Crippen molar-refractivity contribution in [3.8, 4) is 11.8 Å². The van der Waals surface area contributed by atoms with Gasteiger partial charge in [0.1, 0.15) is 29.0 Å². The topological polar surface area (TPSA) is 33.0 Å². The van der Waals surface area contributed by atoms with Gasteiger partial charge < -0.3 is 4.74 Å². The molecule has 0 aliphatic heterocycles. The van der Waals surface area contributed by atoms with E-state index in [1.807, 2.05) is 6.92 Å². The van der Waals surface area contributed by atoms with Crippen LogP contribution >= 0.6 is 0 Å². The Bertz CT molecular complexity index is 916. The number of halogens is 4. The number of rotatable bonds is 6. The molecule has 6 heteroatoms. The van der Waals surface area contributed by atoms with Crippen molar-refractivity contribution in [2.24, 2.45) is 5.92 Å². The molecule has 30 heavy (non-hydrogen) atoms. The number of hydrogen-bond acceptors (Lipinski definition) is 2. The molecule has 1 aliphatic rings. The predicted molar refractivity (Wildman–Crippen MR) is 106 cm³/mol. The third-order valence-corrected chi connectivity index (χ3v) is 5.64. The van der Waals surface area contributed by atoms with Gasteiger partial charge in [-0.05, 0) is 68.6 Å². The molecule has 1 fully saturated rings. The molecule has 0 spiro atoms. The molecule has 0 atom stereocenters. The maximum Gasteiger partial charge on any atom is 0.426 e. The Morgan fingerprint density at radius 2 is 1.67 bits per heavy atom. The standard InChI is InChI=1S/C24H23F4NO/c1-2-3-4-16-5-7-17(8-6-16)18-9-11-19(12-10-18)24(27,28)30-20-13-22(25)21(15-29)23(26)14-20/h2-3,9-14,16-17H,4-8H2,1H3/b3-2+. The molecule has 0 saturated heterocycles. The zero-order chi connectivity index (χ0) is 21.7. The maximum atomic E-state index is 14.5. The fourth-order valence-electron chi connectivity index (χ4n) is 3.93. The van der Waals surface area contributed by atoms with Gasteiger partial charge in [-0.3, -0.25) is 0 Å². The molecule has 2 aromatic rings. The van der Waals surface area contributed by atoms with Gasteiger partial charge in [0.15, 0.2) is 0 Å². The van der Waals surface area contributed by atoms with Crippen molar-refractivity contribution in [1.82, 2.24) is 0 Å². The second-order valence-corrected chi connectivity index (χ2v) is 7.64. The van der Waals surface area contributed by atoms with Gasteiger partial charge in [0.2, 0.25) is 0 Å². The van der Waals surface area contributed by atoms with Crippen molar-refractivity contribution in [2.75, 3.05) is 0 Å². The molecule has 0 N–H and O–H groups in total. The van der Waals surface area contributed by atoms with Gasteiger partial charge in [0.25, 0.3) is 0 Å². The Balaban J connectivity index is 1.67. The van der Waals surface area contributed by atoms with E-state index in [9.17, 15) is 17.6 Å². The van der Waals surface area contributed by atoms with Gasteiger partial charge in [-0.2, -0.15) is 14.0 Å². The molecule has 0 aromatic heterocycles. The van der Waals surface area contributed by atoms with Crippen LogP contribution in [-0.4, -0.2) is 0 Å². The first-order chi connectivity index (χ1) is 14.3. The van der Waals surface area contributed by atoms with Gasteiger partial charge in [-0.1, -0.05) is 24.3 Å². The molecule has 0 heterocycles. The van der Waals surface area contributed by atoms with Gasteiger partial charge in [0, 0.05) is 12.1 Å². The summed E-state index contributed by atoms with van der Waals surface area (Å²) in [6.45, 7) is 2.01. The number of nitriles is 1. The van der Waals surface area contributed by atoms with Crippen LogP contribution in [0.2, 0.25) is 0 Å². The summed E-state index contributed by atoms with van der Waals surface area (Å²) >= 11 is 0. The molecule has 158 valence electrons. The van der Waals surface area contributed by atoms with E-state index in [-0.39, 0.29) is 0 Å². The summed E-state index contributed by atoms with van der Waals surface area (Å²) < 4.78 is 60.8. The van der Waals surface area contributed by atoms with Crippen molar-refractivity contribution in [2.45, 2.75) is 51.1 Å². The van der Waals surface area contributed by atoms with E-state index < -0.39 is 34.6 Å². The lowest BCUT2D eigenvalue weighted by Gasteiger charge is -2.28. The Morgan fingerprint density at radius 1 is 1.07 bits per heavy atom. The van der Waals surface area contributed by atoms with Crippen LogP contribution in [0.5, 0.6) is 5.75 Å². The van der Waals surface area contributed by atoms with E-state index in [4.69, 9.17) is 5.26 Å². The van der Waals surface area contributed by atoms with Gasteiger partial charge in [0.05, 0.1) is 5.56 Å². The normalized spacial score (nSPS) is 19.6. The fourth-order valence-corrected chi connectivity index (χ4v) is 3.93. The van der Waals surface area contributed by atoms with E-state index >= 15 is 0 Å². The van der Waals surface area contributed by atoms with Gasteiger partial charge in [-0.25, -0.2) is 8.78 Å². The number of hydrogen-bond donors (Lipinski definition) is 0. The average molecular weight is 417 g/mol. The van der Waals surface area contributed by atoms with E-state index in [1.54, 1.807) is 12.1 Å². The lowest BCUT2D eigenvalue weighted by Crippen LogP contribution is -2.22. The zero-order valence-electron chi connectivity index (χ0n) is 16.7. The van der Waals surface area contributed by atoms with Crippen LogP contribution in [-0.2, 0) is 6.11 Å². The fraction of sp³-hybridized carbons (Fsp3) is 0.375. The largest absolute Gasteiger partial charge is 0.429 e. The molecule has 1 saturated carbocycles. The third kappa shape index (κ3) is 5.02. The van der Waals surface area contributed by atoms with E-state index in [0.29, 0.717) is 24.0 Å². The second kappa shape index (κ2) is 9.34. The van der Waals surface area contributed by atoms with Gasteiger partial charge in [-0.15, -0.1) is 0 Å². The molecular weight excluding hydrogens is 394 g/mol. The zero-order valence-corrected chi connectivity index (χ0v) is 16.7. The Kier molecular flexibility index (Phi) is 6.81. The monoisotopic (exact) mass is 417 g/mol. The molecule has 0 radical (unpaired) electrons. The van der Waals surface area contributed by atoms with E-state index in [0.717, 1.165) is 37.7 Å². The van der Waals surface area contributed by atoms with Crippen molar-refractivity contribution in [1.29, 1.82) is 5.26 Å². The van der Waals surface area contributed by atoms with Crippen LogP contribution < -0.4 is 4.74 Å². The Morgan fingerprint density at radius 3 is 2.20 bits per heavy atom. The van der Waals surface area contributed by atoms with Crippen molar-refractivity contribution < 1.29 is 22.3 Å². The van der Waals surface area contributed by atoms with Crippen LogP contribution in [0.4, 0.5) is 17.6 Å². The molecule has 3 rings (SSSR count). The molecular formula is C24H23F4NO. The first kappa shape index (κ1) is 21.9. The number of ether oxygens (including phenoxy) is 1. The summed E-state index contributed by atoms with van der Waals surface area (Å²) in [4.78, 5) is 0. The quantitative estimate of drug-likeness (QED) is 0.368. The molecule has 0 bridgehead atoms. The lowest BCUT2D eigenvalue weighted by atomic mass is 9.77. The summed E-state index contributed by atoms with van der Waals surface area (Å²) in [7, 11) is 0. The lowest BCUT2D eigenvalue weighted by molar-refractivity contribution is -0.185. The molecule has 1 aliphatic carbocycles. The highest BCUT2D eigenvalue weighted by Gasteiger charge is 2.35. The van der Waals surface area contributed by atoms with Crippen LogP contribution in [0.25, 0.3) is 0 Å². The smallest absolute Gasteiger partial charge is 0.426 e. The first-order valence-electron chi connectivity index (χ1n) is 10.0. The Labute approximate surface area is 173 Å². The molecule has 2 nitrogen and oxygen atoms in total. The summed E-state index contributed by atoms with van der Waals surface area (Å²) in [6.07, 6.45) is 5.85. The minimum atomic E-state index is -3.77. The number of nitrogens with zero attached hydrogens (tertiary/aromatic N) is 1. The summed E-state index contributed by atoms with van der Waals surface area (Å²) in [5.41, 5.74) is -0.233. The summed E-state index contributed by atoms with van der Waals surface area (Å²) in [5.74, 6) is -2.15. The average Bonchev–Trinajstić information content (AvgIpc) is 2.72. The van der Waals surface area contributed by atoms with Crippen LogP contribution in [0, 0.1) is 28.9 Å². The van der Waals surface area contributed by atoms with Crippen LogP contribution in [0.15, 0.2) is 48.6 Å². The highest BCUT2D eigenvalue weighted by atomic mass is 19.3. The van der Waals surface area contributed by atoms with Crippen LogP contribution in [0.3, 0.4) is 0 Å². The third-order valence-electron chi connectivity index (χ3n) is 5.64. The Hall–Kier alpha value is -2.81. The maximum absolute atomic E-state index is 14.5. The number of alkyl halides is 2. The number of benzene rings is 2.